The highest BCUT2D eigenvalue weighted by molar-refractivity contribution is 5.98. The second-order valence-corrected chi connectivity index (χ2v) is 8.26. The summed E-state index contributed by atoms with van der Waals surface area (Å²) in [7, 11) is 1.56. The van der Waals surface area contributed by atoms with Gasteiger partial charge in [0.2, 0.25) is 0 Å². The molecular weight excluding hydrogens is 402 g/mol. The SMILES string of the molecule is C/C=C/COc1cc(C)c(OC2CCCC2OCc2ccc(C(C)=NOC)cc2)c(C)c1. The number of ether oxygens (including phenoxy) is 3. The molecule has 0 amide bonds. The quantitative estimate of drug-likeness (QED) is 0.254. The molecule has 0 radical (unpaired) electrons. The molecule has 1 aliphatic carbocycles. The van der Waals surface area contributed by atoms with Crippen LogP contribution in [0.3, 0.4) is 0 Å². The van der Waals surface area contributed by atoms with Crippen molar-refractivity contribution in [2.24, 2.45) is 5.16 Å². The van der Waals surface area contributed by atoms with Gasteiger partial charge in [-0.1, -0.05) is 41.6 Å². The Balaban J connectivity index is 1.59. The molecule has 0 heterocycles. The largest absolute Gasteiger partial charge is 0.490 e. The van der Waals surface area contributed by atoms with E-state index in [-0.39, 0.29) is 12.2 Å². The van der Waals surface area contributed by atoms with Gasteiger partial charge in [0, 0.05) is 0 Å². The maximum atomic E-state index is 6.47. The fourth-order valence-electron chi connectivity index (χ4n) is 4.02. The Hall–Kier alpha value is -2.79. The highest BCUT2D eigenvalue weighted by Crippen LogP contribution is 2.33. The van der Waals surface area contributed by atoms with E-state index in [9.17, 15) is 0 Å². The van der Waals surface area contributed by atoms with E-state index >= 15 is 0 Å². The fourth-order valence-corrected chi connectivity index (χ4v) is 4.02. The van der Waals surface area contributed by atoms with Crippen LogP contribution in [0.25, 0.3) is 0 Å². The van der Waals surface area contributed by atoms with E-state index in [1.54, 1.807) is 7.11 Å². The van der Waals surface area contributed by atoms with Gasteiger partial charge in [0.1, 0.15) is 31.3 Å². The third kappa shape index (κ3) is 6.36. The topological polar surface area (TPSA) is 49.3 Å². The van der Waals surface area contributed by atoms with Gasteiger partial charge in [-0.15, -0.1) is 0 Å². The van der Waals surface area contributed by atoms with Crippen molar-refractivity contribution in [3.63, 3.8) is 0 Å². The number of hydrogen-bond donors (Lipinski definition) is 0. The summed E-state index contributed by atoms with van der Waals surface area (Å²) in [5.41, 5.74) is 5.22. The predicted octanol–water partition coefficient (Wildman–Crippen LogP) is 6.15. The zero-order valence-electron chi connectivity index (χ0n) is 19.9. The summed E-state index contributed by atoms with van der Waals surface area (Å²) in [5, 5.41) is 3.98. The van der Waals surface area contributed by atoms with Crippen molar-refractivity contribution in [2.75, 3.05) is 13.7 Å². The smallest absolute Gasteiger partial charge is 0.125 e. The highest BCUT2D eigenvalue weighted by Gasteiger charge is 2.30. The molecule has 5 heteroatoms. The van der Waals surface area contributed by atoms with Crippen molar-refractivity contribution in [1.29, 1.82) is 0 Å². The molecule has 2 aromatic rings. The molecule has 2 atom stereocenters. The Labute approximate surface area is 192 Å². The van der Waals surface area contributed by atoms with Gasteiger partial charge in [0.25, 0.3) is 0 Å². The first-order valence-electron chi connectivity index (χ1n) is 11.3. The van der Waals surface area contributed by atoms with E-state index in [0.717, 1.165) is 58.7 Å². The molecule has 2 aromatic carbocycles. The summed E-state index contributed by atoms with van der Waals surface area (Å²) in [4.78, 5) is 4.85. The monoisotopic (exact) mass is 437 g/mol. The van der Waals surface area contributed by atoms with Crippen molar-refractivity contribution in [3.8, 4) is 11.5 Å². The molecule has 5 nitrogen and oxygen atoms in total. The molecule has 1 saturated carbocycles. The van der Waals surface area contributed by atoms with Gasteiger partial charge in [0.05, 0.1) is 18.4 Å². The first-order chi connectivity index (χ1) is 15.5. The third-order valence-corrected chi connectivity index (χ3v) is 5.74. The van der Waals surface area contributed by atoms with Gasteiger partial charge in [-0.05, 0) is 81.3 Å². The average molecular weight is 438 g/mol. The van der Waals surface area contributed by atoms with E-state index < -0.39 is 0 Å². The number of benzene rings is 2. The zero-order chi connectivity index (χ0) is 22.9. The molecule has 32 heavy (non-hydrogen) atoms. The molecule has 0 N–H and O–H groups in total. The van der Waals surface area contributed by atoms with Gasteiger partial charge in [0.15, 0.2) is 0 Å². The second-order valence-electron chi connectivity index (χ2n) is 8.26. The van der Waals surface area contributed by atoms with Crippen LogP contribution in [-0.4, -0.2) is 31.6 Å². The molecule has 0 spiro atoms. The van der Waals surface area contributed by atoms with Crippen LogP contribution in [0, 0.1) is 13.8 Å². The van der Waals surface area contributed by atoms with Crippen LogP contribution >= 0.6 is 0 Å². The van der Waals surface area contributed by atoms with Gasteiger partial charge < -0.3 is 19.0 Å². The van der Waals surface area contributed by atoms with Crippen molar-refractivity contribution < 1.29 is 19.0 Å². The molecule has 0 aromatic heterocycles. The molecule has 0 saturated heterocycles. The van der Waals surface area contributed by atoms with Crippen LogP contribution in [0.1, 0.15) is 55.4 Å². The van der Waals surface area contributed by atoms with Gasteiger partial charge in [-0.2, -0.15) is 0 Å². The number of hydrogen-bond acceptors (Lipinski definition) is 5. The summed E-state index contributed by atoms with van der Waals surface area (Å²) in [5.74, 6) is 1.82. The summed E-state index contributed by atoms with van der Waals surface area (Å²) in [6, 6.07) is 12.4. The third-order valence-electron chi connectivity index (χ3n) is 5.74. The minimum absolute atomic E-state index is 0.0672. The average Bonchev–Trinajstić information content (AvgIpc) is 3.22. The molecular formula is C27H35NO4. The van der Waals surface area contributed by atoms with Crippen molar-refractivity contribution >= 4 is 5.71 Å². The van der Waals surface area contributed by atoms with E-state index in [2.05, 4.69) is 31.1 Å². The van der Waals surface area contributed by atoms with Gasteiger partial charge in [-0.3, -0.25) is 0 Å². The van der Waals surface area contributed by atoms with Gasteiger partial charge >= 0.3 is 0 Å². The highest BCUT2D eigenvalue weighted by atomic mass is 16.6. The first-order valence-corrected chi connectivity index (χ1v) is 11.3. The van der Waals surface area contributed by atoms with Crippen molar-refractivity contribution in [3.05, 3.63) is 70.8 Å². The fraction of sp³-hybridized carbons (Fsp3) is 0.444. The van der Waals surface area contributed by atoms with Crippen LogP contribution in [0.4, 0.5) is 0 Å². The summed E-state index contributed by atoms with van der Waals surface area (Å²) in [6.07, 6.45) is 7.29. The van der Waals surface area contributed by atoms with Gasteiger partial charge in [-0.25, -0.2) is 0 Å². The Morgan fingerprint density at radius 1 is 1.06 bits per heavy atom. The summed E-state index contributed by atoms with van der Waals surface area (Å²) in [6.45, 7) is 9.22. The minimum atomic E-state index is 0.0672. The molecule has 1 aliphatic rings. The van der Waals surface area contributed by atoms with E-state index in [1.165, 1.54) is 0 Å². The molecule has 0 aliphatic heterocycles. The lowest BCUT2D eigenvalue weighted by atomic mass is 10.1. The van der Waals surface area contributed by atoms with Crippen LogP contribution < -0.4 is 9.47 Å². The van der Waals surface area contributed by atoms with Crippen LogP contribution in [0.15, 0.2) is 53.7 Å². The molecule has 172 valence electrons. The van der Waals surface area contributed by atoms with E-state index in [1.807, 2.05) is 50.3 Å². The number of aryl methyl sites for hydroxylation is 2. The number of nitrogens with zero attached hydrogens (tertiary/aromatic N) is 1. The minimum Gasteiger partial charge on any atom is -0.490 e. The lowest BCUT2D eigenvalue weighted by Gasteiger charge is -2.24. The normalized spacial score (nSPS) is 18.8. The van der Waals surface area contributed by atoms with Crippen LogP contribution in [0.5, 0.6) is 11.5 Å². The van der Waals surface area contributed by atoms with Crippen LogP contribution in [-0.2, 0) is 16.2 Å². The lowest BCUT2D eigenvalue weighted by Crippen LogP contribution is -2.29. The first kappa shape index (κ1) is 23.9. The van der Waals surface area contributed by atoms with Crippen molar-refractivity contribution in [1.82, 2.24) is 0 Å². The zero-order valence-corrected chi connectivity index (χ0v) is 19.9. The summed E-state index contributed by atoms with van der Waals surface area (Å²) < 4.78 is 18.5. The maximum absolute atomic E-state index is 6.47. The molecule has 0 bridgehead atoms. The number of oxime groups is 1. The number of rotatable bonds is 10. The second kappa shape index (κ2) is 11.7. The van der Waals surface area contributed by atoms with Crippen molar-refractivity contribution in [2.45, 2.75) is 65.8 Å². The molecule has 2 unspecified atom stereocenters. The Bertz CT molecular complexity index is 910. The Morgan fingerprint density at radius 3 is 2.41 bits per heavy atom. The Kier molecular flexibility index (Phi) is 8.74. The van der Waals surface area contributed by atoms with E-state index in [0.29, 0.717) is 13.2 Å². The summed E-state index contributed by atoms with van der Waals surface area (Å²) >= 11 is 0. The predicted molar refractivity (Wildman–Crippen MR) is 129 cm³/mol. The lowest BCUT2D eigenvalue weighted by molar-refractivity contribution is -0.0175. The van der Waals surface area contributed by atoms with Crippen LogP contribution in [0.2, 0.25) is 0 Å². The van der Waals surface area contributed by atoms with E-state index in [4.69, 9.17) is 19.0 Å². The maximum Gasteiger partial charge on any atom is 0.125 e. The molecule has 1 fully saturated rings. The Morgan fingerprint density at radius 2 is 1.75 bits per heavy atom. The number of allylic oxidation sites excluding steroid dienone is 1. The molecule has 3 rings (SSSR count). The standard InChI is InChI=1S/C27H35NO4/c1-6-7-15-30-24-16-19(2)27(20(3)17-24)32-26-10-8-9-25(26)31-18-22-11-13-23(14-12-22)21(4)28-29-5/h6-7,11-14,16-17,25-26H,8-10,15,18H2,1-5H3/b7-6+,28-21?.